The number of hydrogen-bond donors (Lipinski definition) is 1. The number of fused-ring (bicyclic) bond motifs is 1. The molecule has 27 heavy (non-hydrogen) atoms. The first-order valence-electron chi connectivity index (χ1n) is 8.89. The van der Waals surface area contributed by atoms with Gasteiger partial charge in [-0.15, -0.1) is 0 Å². The van der Waals surface area contributed by atoms with Gasteiger partial charge in [0.15, 0.2) is 6.61 Å². The van der Waals surface area contributed by atoms with Crippen LogP contribution in [0.4, 0.5) is 0 Å². The lowest BCUT2D eigenvalue weighted by Crippen LogP contribution is -2.32. The lowest BCUT2D eigenvalue weighted by atomic mass is 9.92. The monoisotopic (exact) mass is 392 g/mol. The molecule has 0 aliphatic rings. The number of amides is 1. The van der Waals surface area contributed by atoms with Crippen LogP contribution in [-0.4, -0.2) is 29.6 Å². The summed E-state index contributed by atoms with van der Waals surface area (Å²) in [5.41, 5.74) is 0.203. The molecule has 0 aliphatic heterocycles. The fourth-order valence-electron chi connectivity index (χ4n) is 2.61. The van der Waals surface area contributed by atoms with Crippen molar-refractivity contribution in [3.63, 3.8) is 0 Å². The number of hydrogen-bond acceptors (Lipinski definition) is 4. The van der Waals surface area contributed by atoms with E-state index >= 15 is 0 Å². The largest absolute Gasteiger partial charge is 0.452 e. The predicted octanol–water partition coefficient (Wildman–Crippen LogP) is 3.38. The molecule has 0 fully saturated rings. The van der Waals surface area contributed by atoms with Gasteiger partial charge in [0, 0.05) is 29.7 Å². The number of pyridine rings is 1. The number of nitrogens with zero attached hydrogens (tertiary/aromatic N) is 1. The summed E-state index contributed by atoms with van der Waals surface area (Å²) in [6, 6.07) is 4.96. The van der Waals surface area contributed by atoms with E-state index in [1.54, 1.807) is 16.7 Å². The highest BCUT2D eigenvalue weighted by molar-refractivity contribution is 6.31. The van der Waals surface area contributed by atoms with Crippen molar-refractivity contribution >= 4 is 34.4 Å². The average molecular weight is 393 g/mol. The maximum absolute atomic E-state index is 12.6. The van der Waals surface area contributed by atoms with E-state index < -0.39 is 23.9 Å². The van der Waals surface area contributed by atoms with Crippen LogP contribution in [0.1, 0.15) is 44.5 Å². The molecule has 0 unspecified atom stereocenters. The number of rotatable bonds is 6. The van der Waals surface area contributed by atoms with Crippen LogP contribution >= 0.6 is 11.6 Å². The van der Waals surface area contributed by atoms with Crippen LogP contribution in [0.5, 0.6) is 0 Å². The number of aryl methyl sites for hydroxylation is 1. The van der Waals surface area contributed by atoms with E-state index in [4.69, 9.17) is 16.3 Å². The minimum absolute atomic E-state index is 0.0988. The van der Waals surface area contributed by atoms with Gasteiger partial charge in [-0.1, -0.05) is 32.4 Å². The first-order valence-corrected chi connectivity index (χ1v) is 9.26. The Kier molecular flexibility index (Phi) is 6.65. The highest BCUT2D eigenvalue weighted by Crippen LogP contribution is 2.18. The molecule has 2 rings (SSSR count). The maximum Gasteiger partial charge on any atom is 0.344 e. The molecule has 0 saturated heterocycles. The van der Waals surface area contributed by atoms with Crippen molar-refractivity contribution in [1.29, 1.82) is 0 Å². The summed E-state index contributed by atoms with van der Waals surface area (Å²) in [6.07, 6.45) is 2.26. The molecule has 1 heterocycles. The zero-order valence-corrected chi connectivity index (χ0v) is 16.9. The fourth-order valence-corrected chi connectivity index (χ4v) is 2.79. The smallest absolute Gasteiger partial charge is 0.344 e. The maximum atomic E-state index is 12.6. The molecule has 1 aromatic heterocycles. The van der Waals surface area contributed by atoms with E-state index in [9.17, 15) is 14.4 Å². The van der Waals surface area contributed by atoms with E-state index in [1.165, 1.54) is 12.3 Å². The molecule has 0 atom stereocenters. The topological polar surface area (TPSA) is 77.4 Å². The van der Waals surface area contributed by atoms with E-state index in [2.05, 4.69) is 26.1 Å². The highest BCUT2D eigenvalue weighted by Gasteiger charge is 2.18. The van der Waals surface area contributed by atoms with Gasteiger partial charge in [-0.25, -0.2) is 4.79 Å². The van der Waals surface area contributed by atoms with Crippen molar-refractivity contribution in [2.45, 2.75) is 40.7 Å². The second-order valence-corrected chi connectivity index (χ2v) is 7.99. The van der Waals surface area contributed by atoms with Gasteiger partial charge in [-0.05, 0) is 37.0 Å². The second-order valence-electron chi connectivity index (χ2n) is 7.56. The number of halogens is 1. The summed E-state index contributed by atoms with van der Waals surface area (Å²) in [5.74, 6) is -1.22. The number of nitrogens with one attached hydrogen (secondary N) is 1. The second kappa shape index (κ2) is 8.57. The van der Waals surface area contributed by atoms with Crippen molar-refractivity contribution in [2.75, 3.05) is 13.2 Å². The molecule has 6 nitrogen and oxygen atoms in total. The molecule has 7 heteroatoms. The van der Waals surface area contributed by atoms with Crippen LogP contribution < -0.4 is 10.7 Å². The van der Waals surface area contributed by atoms with Crippen LogP contribution in [0.3, 0.4) is 0 Å². The molecule has 2 aromatic rings. The molecule has 1 aromatic carbocycles. The average Bonchev–Trinajstić information content (AvgIpc) is 2.59. The molecule has 0 spiro atoms. The van der Waals surface area contributed by atoms with E-state index in [-0.39, 0.29) is 11.0 Å². The van der Waals surface area contributed by atoms with E-state index in [0.717, 1.165) is 6.42 Å². The standard InChI is InChI=1S/C20H25ClN2O4/c1-5-23-11-15(18(25)14-10-13(21)6-7-16(14)23)19(26)27-12-17(24)22-9-8-20(2,3)4/h6-7,10-11H,5,8-9,12H2,1-4H3,(H,22,24). The molecular formula is C20H25ClN2O4. The highest BCUT2D eigenvalue weighted by atomic mass is 35.5. The van der Waals surface area contributed by atoms with E-state index in [1.807, 2.05) is 6.92 Å². The van der Waals surface area contributed by atoms with Gasteiger partial charge in [0.2, 0.25) is 5.43 Å². The zero-order chi connectivity index (χ0) is 20.2. The fraction of sp³-hybridized carbons (Fsp3) is 0.450. The van der Waals surface area contributed by atoms with Crippen molar-refractivity contribution in [1.82, 2.24) is 9.88 Å². The quantitative estimate of drug-likeness (QED) is 0.764. The molecule has 1 amide bonds. The molecule has 0 saturated carbocycles. The third-order valence-electron chi connectivity index (χ3n) is 4.13. The molecule has 146 valence electrons. The van der Waals surface area contributed by atoms with Crippen molar-refractivity contribution in [3.8, 4) is 0 Å². The number of esters is 1. The SMILES string of the molecule is CCn1cc(C(=O)OCC(=O)NCCC(C)(C)C)c(=O)c2cc(Cl)ccc21. The van der Waals surface area contributed by atoms with Gasteiger partial charge < -0.3 is 14.6 Å². The van der Waals surface area contributed by atoms with Crippen molar-refractivity contribution < 1.29 is 14.3 Å². The Morgan fingerprint density at radius 3 is 2.59 bits per heavy atom. The number of carbonyl (C=O) groups excluding carboxylic acids is 2. The molecule has 0 bridgehead atoms. The van der Waals surface area contributed by atoms with Gasteiger partial charge in [-0.2, -0.15) is 0 Å². The van der Waals surface area contributed by atoms with Gasteiger partial charge in [0.05, 0.1) is 5.52 Å². The number of carbonyl (C=O) groups is 2. The van der Waals surface area contributed by atoms with Gasteiger partial charge in [0.25, 0.3) is 5.91 Å². The molecule has 1 N–H and O–H groups in total. The first kappa shape index (κ1) is 21.0. The predicted molar refractivity (Wildman–Crippen MR) is 106 cm³/mol. The molecule has 0 aliphatic carbocycles. The Hall–Kier alpha value is -2.34. The number of aromatic nitrogens is 1. The normalized spacial score (nSPS) is 11.4. The van der Waals surface area contributed by atoms with Crippen LogP contribution in [-0.2, 0) is 16.1 Å². The summed E-state index contributed by atoms with van der Waals surface area (Å²) in [5, 5.41) is 3.45. The Balaban J connectivity index is 2.12. The molecular weight excluding hydrogens is 368 g/mol. The lowest BCUT2D eigenvalue weighted by Gasteiger charge is -2.18. The Labute approximate surface area is 163 Å². The molecule has 0 radical (unpaired) electrons. The van der Waals surface area contributed by atoms with Gasteiger partial charge in [-0.3, -0.25) is 9.59 Å². The Morgan fingerprint density at radius 1 is 1.26 bits per heavy atom. The summed E-state index contributed by atoms with van der Waals surface area (Å²) < 4.78 is 6.81. The van der Waals surface area contributed by atoms with E-state index in [0.29, 0.717) is 29.0 Å². The Morgan fingerprint density at radius 2 is 1.96 bits per heavy atom. The first-order chi connectivity index (χ1) is 12.6. The zero-order valence-electron chi connectivity index (χ0n) is 16.1. The van der Waals surface area contributed by atoms with Gasteiger partial charge in [0.1, 0.15) is 5.56 Å². The lowest BCUT2D eigenvalue weighted by molar-refractivity contribution is -0.124. The third-order valence-corrected chi connectivity index (χ3v) is 4.37. The van der Waals surface area contributed by atoms with Crippen molar-refractivity contribution in [3.05, 3.63) is 45.2 Å². The summed E-state index contributed by atoms with van der Waals surface area (Å²) in [6.45, 7) is 8.75. The number of ether oxygens (including phenoxy) is 1. The van der Waals surface area contributed by atoms with Crippen LogP contribution in [0.15, 0.2) is 29.2 Å². The minimum atomic E-state index is -0.824. The Bertz CT molecular complexity index is 913. The minimum Gasteiger partial charge on any atom is -0.452 e. The summed E-state index contributed by atoms with van der Waals surface area (Å²) in [4.78, 5) is 36.8. The number of benzene rings is 1. The van der Waals surface area contributed by atoms with Gasteiger partial charge >= 0.3 is 5.97 Å². The van der Waals surface area contributed by atoms with Crippen LogP contribution in [0, 0.1) is 5.41 Å². The summed E-state index contributed by atoms with van der Waals surface area (Å²) >= 11 is 5.98. The van der Waals surface area contributed by atoms with Crippen LogP contribution in [0.2, 0.25) is 5.02 Å². The third kappa shape index (κ3) is 5.57. The van der Waals surface area contributed by atoms with Crippen molar-refractivity contribution in [2.24, 2.45) is 5.41 Å². The summed E-state index contributed by atoms with van der Waals surface area (Å²) in [7, 11) is 0. The van der Waals surface area contributed by atoms with Crippen LogP contribution in [0.25, 0.3) is 10.9 Å².